The molecule has 0 atom stereocenters. The second-order valence-electron chi connectivity index (χ2n) is 3.75. The van der Waals surface area contributed by atoms with Crippen LogP contribution in [0, 0.1) is 11.3 Å². The van der Waals surface area contributed by atoms with E-state index in [1.165, 1.54) is 0 Å². The number of nitrogens with zero attached hydrogens (tertiary/aromatic N) is 1. The zero-order chi connectivity index (χ0) is 14.8. The number of benzene rings is 1. The summed E-state index contributed by atoms with van der Waals surface area (Å²) in [5.41, 5.74) is 6.04. The standard InChI is InChI=1S/C13H15N3O4/c14-6-3-7-16-12(17)8-20-13(18)9-19-11-5-2-1-4-10(11)15/h1-2,4-5H,3,7-9,15H2,(H,16,17). The van der Waals surface area contributed by atoms with Crippen LogP contribution in [0.2, 0.25) is 0 Å². The van der Waals surface area contributed by atoms with Crippen molar-refractivity contribution in [3.8, 4) is 11.8 Å². The van der Waals surface area contributed by atoms with Crippen LogP contribution >= 0.6 is 0 Å². The highest BCUT2D eigenvalue weighted by Crippen LogP contribution is 2.19. The lowest BCUT2D eigenvalue weighted by Crippen LogP contribution is -2.30. The fraction of sp³-hybridized carbons (Fsp3) is 0.308. The van der Waals surface area contributed by atoms with Crippen LogP contribution in [-0.2, 0) is 14.3 Å². The molecule has 0 saturated heterocycles. The molecule has 0 aliphatic carbocycles. The van der Waals surface area contributed by atoms with Gasteiger partial charge in [0.2, 0.25) is 0 Å². The highest BCUT2D eigenvalue weighted by molar-refractivity contribution is 5.80. The summed E-state index contributed by atoms with van der Waals surface area (Å²) in [5.74, 6) is -0.764. The van der Waals surface area contributed by atoms with E-state index in [1.807, 2.05) is 6.07 Å². The molecule has 0 aromatic heterocycles. The monoisotopic (exact) mass is 277 g/mol. The van der Waals surface area contributed by atoms with Crippen molar-refractivity contribution in [3.05, 3.63) is 24.3 Å². The van der Waals surface area contributed by atoms with Gasteiger partial charge in [-0.3, -0.25) is 4.79 Å². The molecule has 0 radical (unpaired) electrons. The molecule has 1 aromatic carbocycles. The van der Waals surface area contributed by atoms with Crippen molar-refractivity contribution in [2.75, 3.05) is 25.5 Å². The van der Waals surface area contributed by atoms with Gasteiger partial charge < -0.3 is 20.5 Å². The number of nitrogen functional groups attached to an aromatic ring is 1. The number of para-hydroxylation sites is 2. The molecule has 1 aromatic rings. The van der Waals surface area contributed by atoms with Crippen molar-refractivity contribution in [1.82, 2.24) is 5.32 Å². The number of amides is 1. The number of hydrogen-bond acceptors (Lipinski definition) is 6. The average molecular weight is 277 g/mol. The van der Waals surface area contributed by atoms with Gasteiger partial charge in [0, 0.05) is 6.54 Å². The molecule has 1 rings (SSSR count). The zero-order valence-electron chi connectivity index (χ0n) is 10.8. The Kier molecular flexibility index (Phi) is 6.41. The first kappa shape index (κ1) is 15.3. The fourth-order valence-electron chi connectivity index (χ4n) is 1.25. The Morgan fingerprint density at radius 2 is 2.05 bits per heavy atom. The molecule has 0 fully saturated rings. The van der Waals surface area contributed by atoms with E-state index in [2.05, 4.69) is 5.32 Å². The van der Waals surface area contributed by atoms with E-state index in [4.69, 9.17) is 20.5 Å². The maximum absolute atomic E-state index is 11.3. The number of anilines is 1. The maximum atomic E-state index is 11.3. The number of hydrogen-bond donors (Lipinski definition) is 2. The van der Waals surface area contributed by atoms with Gasteiger partial charge in [-0.2, -0.15) is 5.26 Å². The molecule has 0 aliphatic rings. The minimum Gasteiger partial charge on any atom is -0.480 e. The van der Waals surface area contributed by atoms with Crippen LogP contribution in [0.1, 0.15) is 6.42 Å². The maximum Gasteiger partial charge on any atom is 0.344 e. The van der Waals surface area contributed by atoms with E-state index in [1.54, 1.807) is 24.3 Å². The van der Waals surface area contributed by atoms with Gasteiger partial charge >= 0.3 is 5.97 Å². The summed E-state index contributed by atoms with van der Waals surface area (Å²) in [7, 11) is 0. The predicted molar refractivity (Wildman–Crippen MR) is 70.5 cm³/mol. The van der Waals surface area contributed by atoms with E-state index >= 15 is 0 Å². The summed E-state index contributed by atoms with van der Waals surface area (Å²) in [6.07, 6.45) is 0.204. The van der Waals surface area contributed by atoms with Gasteiger partial charge in [0.1, 0.15) is 5.75 Å². The fourth-order valence-corrected chi connectivity index (χ4v) is 1.25. The quantitative estimate of drug-likeness (QED) is 0.418. The van der Waals surface area contributed by atoms with Crippen LogP contribution in [-0.4, -0.2) is 31.6 Å². The van der Waals surface area contributed by atoms with Crippen LogP contribution in [0.15, 0.2) is 24.3 Å². The molecule has 20 heavy (non-hydrogen) atoms. The summed E-state index contributed by atoms with van der Waals surface area (Å²) < 4.78 is 9.85. The Hall–Kier alpha value is -2.75. The Balaban J connectivity index is 2.23. The third-order valence-corrected chi connectivity index (χ3v) is 2.19. The highest BCUT2D eigenvalue weighted by Gasteiger charge is 2.08. The summed E-state index contributed by atoms with van der Waals surface area (Å²) in [4.78, 5) is 22.5. The predicted octanol–water partition coefficient (Wildman–Crippen LogP) is 0.221. The molecular formula is C13H15N3O4. The normalized spacial score (nSPS) is 9.35. The lowest BCUT2D eigenvalue weighted by Gasteiger charge is -2.08. The minimum absolute atomic E-state index is 0.204. The van der Waals surface area contributed by atoms with Gasteiger partial charge in [0.15, 0.2) is 13.2 Å². The van der Waals surface area contributed by atoms with Crippen molar-refractivity contribution in [3.63, 3.8) is 0 Å². The first-order chi connectivity index (χ1) is 9.63. The molecule has 0 aliphatic heterocycles. The van der Waals surface area contributed by atoms with Gasteiger partial charge in [0.05, 0.1) is 18.2 Å². The van der Waals surface area contributed by atoms with E-state index in [0.29, 0.717) is 11.4 Å². The molecule has 7 heteroatoms. The molecule has 106 valence electrons. The van der Waals surface area contributed by atoms with E-state index in [0.717, 1.165) is 0 Å². The molecule has 0 unspecified atom stereocenters. The number of rotatable bonds is 7. The largest absolute Gasteiger partial charge is 0.480 e. The van der Waals surface area contributed by atoms with Gasteiger partial charge in [0.25, 0.3) is 5.91 Å². The number of esters is 1. The van der Waals surface area contributed by atoms with Gasteiger partial charge in [-0.05, 0) is 12.1 Å². The topological polar surface area (TPSA) is 114 Å². The third kappa shape index (κ3) is 5.73. The third-order valence-electron chi connectivity index (χ3n) is 2.19. The molecular weight excluding hydrogens is 262 g/mol. The number of carbonyl (C=O) groups excluding carboxylic acids is 2. The van der Waals surface area contributed by atoms with Crippen LogP contribution in [0.4, 0.5) is 5.69 Å². The second kappa shape index (κ2) is 8.37. The number of nitrogens with two attached hydrogens (primary N) is 1. The van der Waals surface area contributed by atoms with Crippen molar-refractivity contribution < 1.29 is 19.1 Å². The summed E-state index contributed by atoms with van der Waals surface area (Å²) >= 11 is 0. The van der Waals surface area contributed by atoms with Gasteiger partial charge in [-0.25, -0.2) is 4.79 Å². The van der Waals surface area contributed by atoms with E-state index < -0.39 is 18.5 Å². The van der Waals surface area contributed by atoms with Crippen LogP contribution in [0.25, 0.3) is 0 Å². The van der Waals surface area contributed by atoms with E-state index in [-0.39, 0.29) is 19.6 Å². The molecule has 0 bridgehead atoms. The van der Waals surface area contributed by atoms with Gasteiger partial charge in [-0.15, -0.1) is 0 Å². The van der Waals surface area contributed by atoms with Crippen LogP contribution in [0.3, 0.4) is 0 Å². The van der Waals surface area contributed by atoms with Crippen molar-refractivity contribution in [2.45, 2.75) is 6.42 Å². The second-order valence-corrected chi connectivity index (χ2v) is 3.75. The Labute approximate surface area is 116 Å². The van der Waals surface area contributed by atoms with Crippen molar-refractivity contribution >= 4 is 17.6 Å². The van der Waals surface area contributed by atoms with Crippen LogP contribution < -0.4 is 15.8 Å². The lowest BCUT2D eigenvalue weighted by molar-refractivity contribution is -0.150. The van der Waals surface area contributed by atoms with E-state index in [9.17, 15) is 9.59 Å². The minimum atomic E-state index is -0.677. The number of nitrogens with one attached hydrogen (secondary N) is 1. The van der Waals surface area contributed by atoms with Crippen molar-refractivity contribution in [1.29, 1.82) is 5.26 Å². The molecule has 3 N–H and O–H groups in total. The SMILES string of the molecule is N#CCCNC(=O)COC(=O)COc1ccccc1N. The summed E-state index contributed by atoms with van der Waals surface area (Å²) in [5, 5.41) is 10.7. The zero-order valence-corrected chi connectivity index (χ0v) is 10.8. The molecule has 0 spiro atoms. The number of ether oxygens (including phenoxy) is 2. The Morgan fingerprint density at radius 1 is 1.30 bits per heavy atom. The Morgan fingerprint density at radius 3 is 2.75 bits per heavy atom. The number of carbonyl (C=O) groups is 2. The first-order valence-electron chi connectivity index (χ1n) is 5.90. The molecule has 1 amide bonds. The molecule has 0 heterocycles. The molecule has 7 nitrogen and oxygen atoms in total. The first-order valence-corrected chi connectivity index (χ1v) is 5.90. The Bertz CT molecular complexity index is 511. The average Bonchev–Trinajstić information content (AvgIpc) is 2.44. The van der Waals surface area contributed by atoms with Crippen molar-refractivity contribution in [2.24, 2.45) is 0 Å². The van der Waals surface area contributed by atoms with Gasteiger partial charge in [-0.1, -0.05) is 12.1 Å². The lowest BCUT2D eigenvalue weighted by atomic mass is 10.3. The number of nitriles is 1. The summed E-state index contributed by atoms with van der Waals surface area (Å²) in [6.45, 7) is -0.512. The van der Waals surface area contributed by atoms with Crippen LogP contribution in [0.5, 0.6) is 5.75 Å². The highest BCUT2D eigenvalue weighted by atomic mass is 16.6. The summed E-state index contributed by atoms with van der Waals surface area (Å²) in [6, 6.07) is 8.61. The smallest absolute Gasteiger partial charge is 0.344 e. The molecule has 0 saturated carbocycles.